The molecular weight excluding hydrogens is 433 g/mol. The molecule has 162 valence electrons. The summed E-state index contributed by atoms with van der Waals surface area (Å²) in [5.41, 5.74) is 2.85. The smallest absolute Gasteiger partial charge is 0.244 e. The zero-order valence-corrected chi connectivity index (χ0v) is 17.9. The minimum absolute atomic E-state index is 0.0245. The fourth-order valence-corrected chi connectivity index (χ4v) is 3.57. The first-order chi connectivity index (χ1) is 15.4. The normalized spacial score (nSPS) is 13.2. The minimum Gasteiger partial charge on any atom is -0.497 e. The molecule has 0 atom stereocenters. The molecule has 8 heteroatoms. The van der Waals surface area contributed by atoms with E-state index < -0.39 is 11.7 Å². The number of nitrogens with one attached hydrogen (secondary N) is 1. The quantitative estimate of drug-likeness (QED) is 0.594. The van der Waals surface area contributed by atoms with Gasteiger partial charge in [0.05, 0.1) is 35.6 Å². The molecule has 3 aromatic carbocycles. The van der Waals surface area contributed by atoms with E-state index in [0.717, 1.165) is 5.56 Å². The SMILES string of the molecule is COc1ccc(C2=Nc3ccccc3N(CC(=O)Nc3ccc(F)c(Cl)c3)C(=O)C2)cc1. The molecule has 1 aliphatic heterocycles. The monoisotopic (exact) mass is 451 g/mol. The van der Waals surface area contributed by atoms with Gasteiger partial charge in [-0.25, -0.2) is 4.39 Å². The first-order valence-electron chi connectivity index (χ1n) is 9.81. The van der Waals surface area contributed by atoms with Gasteiger partial charge in [-0.15, -0.1) is 0 Å². The number of amides is 2. The topological polar surface area (TPSA) is 71.0 Å². The maximum Gasteiger partial charge on any atom is 0.244 e. The van der Waals surface area contributed by atoms with Crippen LogP contribution in [0.1, 0.15) is 12.0 Å². The number of anilines is 2. The highest BCUT2D eigenvalue weighted by atomic mass is 35.5. The summed E-state index contributed by atoms with van der Waals surface area (Å²) in [6.45, 7) is -0.226. The molecule has 0 radical (unpaired) electrons. The zero-order chi connectivity index (χ0) is 22.7. The van der Waals surface area contributed by atoms with Crippen molar-refractivity contribution in [2.75, 3.05) is 23.9 Å². The Bertz CT molecular complexity index is 1210. The Morgan fingerprint density at radius 3 is 2.62 bits per heavy atom. The van der Waals surface area contributed by atoms with Crippen LogP contribution < -0.4 is 15.0 Å². The maximum absolute atomic E-state index is 13.4. The van der Waals surface area contributed by atoms with E-state index in [1.165, 1.54) is 23.1 Å². The molecule has 0 fully saturated rings. The number of para-hydroxylation sites is 2. The van der Waals surface area contributed by atoms with Crippen LogP contribution >= 0.6 is 11.6 Å². The minimum atomic E-state index is -0.579. The van der Waals surface area contributed by atoms with Crippen LogP contribution in [0, 0.1) is 5.82 Å². The molecule has 0 aromatic heterocycles. The second-order valence-electron chi connectivity index (χ2n) is 7.11. The van der Waals surface area contributed by atoms with Crippen LogP contribution in [0.4, 0.5) is 21.5 Å². The Labute approximate surface area is 189 Å². The number of ether oxygens (including phenoxy) is 1. The van der Waals surface area contributed by atoms with Crippen molar-refractivity contribution < 1.29 is 18.7 Å². The first-order valence-corrected chi connectivity index (χ1v) is 10.2. The number of carbonyl (C=O) groups is 2. The summed E-state index contributed by atoms with van der Waals surface area (Å²) in [4.78, 5) is 31.9. The van der Waals surface area contributed by atoms with Crippen LogP contribution in [0.3, 0.4) is 0 Å². The lowest BCUT2D eigenvalue weighted by Gasteiger charge is -2.22. The van der Waals surface area contributed by atoms with Crippen LogP contribution in [-0.4, -0.2) is 31.2 Å². The maximum atomic E-state index is 13.4. The Morgan fingerprint density at radius 1 is 1.16 bits per heavy atom. The molecule has 32 heavy (non-hydrogen) atoms. The number of halogens is 2. The van der Waals surface area contributed by atoms with Crippen LogP contribution in [-0.2, 0) is 9.59 Å². The number of hydrogen-bond donors (Lipinski definition) is 1. The third-order valence-corrected chi connectivity index (χ3v) is 5.27. The van der Waals surface area contributed by atoms with Gasteiger partial charge in [0, 0.05) is 5.69 Å². The van der Waals surface area contributed by atoms with E-state index >= 15 is 0 Å². The summed E-state index contributed by atoms with van der Waals surface area (Å²) in [5, 5.41) is 2.55. The number of aliphatic imine (C=N–C) groups is 1. The molecule has 6 nitrogen and oxygen atoms in total. The van der Waals surface area contributed by atoms with Gasteiger partial charge in [-0.2, -0.15) is 0 Å². The highest BCUT2D eigenvalue weighted by molar-refractivity contribution is 6.31. The van der Waals surface area contributed by atoms with Crippen LogP contribution in [0.5, 0.6) is 5.75 Å². The largest absolute Gasteiger partial charge is 0.497 e. The second-order valence-corrected chi connectivity index (χ2v) is 7.52. The third kappa shape index (κ3) is 4.63. The summed E-state index contributed by atoms with van der Waals surface area (Å²) in [6, 6.07) is 18.3. The lowest BCUT2D eigenvalue weighted by molar-refractivity contribution is -0.120. The van der Waals surface area contributed by atoms with Gasteiger partial charge < -0.3 is 15.0 Å². The molecule has 0 unspecified atom stereocenters. The number of rotatable bonds is 5. The first kappa shape index (κ1) is 21.5. The van der Waals surface area contributed by atoms with Crippen molar-refractivity contribution in [3.05, 3.63) is 83.1 Å². The molecule has 0 saturated carbocycles. The van der Waals surface area contributed by atoms with Crippen LogP contribution in [0.2, 0.25) is 5.02 Å². The lowest BCUT2D eigenvalue weighted by Crippen LogP contribution is -2.38. The van der Waals surface area contributed by atoms with Gasteiger partial charge in [0.2, 0.25) is 11.8 Å². The molecule has 0 aliphatic carbocycles. The third-order valence-electron chi connectivity index (χ3n) is 4.98. The lowest BCUT2D eigenvalue weighted by atomic mass is 10.1. The number of nitrogens with zero attached hydrogens (tertiary/aromatic N) is 2. The van der Waals surface area contributed by atoms with Gasteiger partial charge in [-0.3, -0.25) is 14.6 Å². The predicted molar refractivity (Wildman–Crippen MR) is 123 cm³/mol. The summed E-state index contributed by atoms with van der Waals surface area (Å²) in [7, 11) is 1.58. The van der Waals surface area contributed by atoms with Crippen LogP contribution in [0.25, 0.3) is 0 Å². The molecule has 1 N–H and O–H groups in total. The van der Waals surface area contributed by atoms with Crippen molar-refractivity contribution in [1.29, 1.82) is 0 Å². The van der Waals surface area contributed by atoms with E-state index in [9.17, 15) is 14.0 Å². The number of methoxy groups -OCH3 is 1. The number of carbonyl (C=O) groups excluding carboxylic acids is 2. The van der Waals surface area contributed by atoms with Gasteiger partial charge in [0.15, 0.2) is 0 Å². The Balaban J connectivity index is 1.59. The van der Waals surface area contributed by atoms with E-state index in [1.54, 1.807) is 37.4 Å². The molecular formula is C24H19ClFN3O3. The van der Waals surface area contributed by atoms with E-state index in [0.29, 0.717) is 28.5 Å². The van der Waals surface area contributed by atoms with Crippen molar-refractivity contribution in [1.82, 2.24) is 0 Å². The predicted octanol–water partition coefficient (Wildman–Crippen LogP) is 4.98. The van der Waals surface area contributed by atoms with E-state index in [2.05, 4.69) is 5.32 Å². The summed E-state index contributed by atoms with van der Waals surface area (Å²) >= 11 is 5.78. The van der Waals surface area contributed by atoms with Gasteiger partial charge in [0.25, 0.3) is 0 Å². The number of fused-ring (bicyclic) bond motifs is 1. The van der Waals surface area contributed by atoms with E-state index in [1.807, 2.05) is 18.2 Å². The molecule has 4 rings (SSSR count). The van der Waals surface area contributed by atoms with E-state index in [4.69, 9.17) is 21.3 Å². The molecule has 0 spiro atoms. The van der Waals surface area contributed by atoms with Crippen molar-refractivity contribution >= 4 is 46.2 Å². The van der Waals surface area contributed by atoms with Gasteiger partial charge >= 0.3 is 0 Å². The Morgan fingerprint density at radius 2 is 1.91 bits per heavy atom. The van der Waals surface area contributed by atoms with Crippen molar-refractivity contribution in [2.45, 2.75) is 6.42 Å². The number of benzene rings is 3. The Hall–Kier alpha value is -3.71. The van der Waals surface area contributed by atoms with Crippen molar-refractivity contribution in [2.24, 2.45) is 4.99 Å². The highest BCUT2D eigenvalue weighted by Gasteiger charge is 2.26. The Kier molecular flexibility index (Phi) is 6.18. The molecule has 1 aliphatic rings. The fraction of sp³-hybridized carbons (Fsp3) is 0.125. The molecule has 2 amide bonds. The molecule has 0 saturated heterocycles. The highest BCUT2D eigenvalue weighted by Crippen LogP contribution is 2.33. The van der Waals surface area contributed by atoms with E-state index in [-0.39, 0.29) is 23.9 Å². The summed E-state index contributed by atoms with van der Waals surface area (Å²) in [5.74, 6) is -0.584. The van der Waals surface area contributed by atoms with Crippen LogP contribution in [0.15, 0.2) is 71.7 Å². The van der Waals surface area contributed by atoms with Gasteiger partial charge in [0.1, 0.15) is 18.1 Å². The average molecular weight is 452 g/mol. The number of hydrogen-bond acceptors (Lipinski definition) is 4. The average Bonchev–Trinajstić information content (AvgIpc) is 2.93. The molecule has 0 bridgehead atoms. The van der Waals surface area contributed by atoms with Crippen molar-refractivity contribution in [3.63, 3.8) is 0 Å². The second kappa shape index (κ2) is 9.20. The summed E-state index contributed by atoms with van der Waals surface area (Å²) < 4.78 is 18.6. The summed E-state index contributed by atoms with van der Waals surface area (Å²) in [6.07, 6.45) is 0.0245. The molecule has 1 heterocycles. The van der Waals surface area contributed by atoms with Gasteiger partial charge in [-0.1, -0.05) is 23.7 Å². The fourth-order valence-electron chi connectivity index (χ4n) is 3.39. The zero-order valence-electron chi connectivity index (χ0n) is 17.1. The van der Waals surface area contributed by atoms with Gasteiger partial charge in [-0.05, 0) is 60.2 Å². The van der Waals surface area contributed by atoms with Crippen molar-refractivity contribution in [3.8, 4) is 5.75 Å². The standard InChI is InChI=1S/C24H19ClFN3O3/c1-32-17-9-6-15(7-10-17)21-13-24(31)29(22-5-3-2-4-20(22)28-21)14-23(30)27-16-8-11-19(26)18(25)12-16/h2-12H,13-14H2,1H3,(H,27,30). The molecule has 3 aromatic rings.